The van der Waals surface area contributed by atoms with Crippen molar-refractivity contribution >= 4 is 28.4 Å². The molecule has 7 heteroatoms. The van der Waals surface area contributed by atoms with Gasteiger partial charge in [0.1, 0.15) is 28.1 Å². The minimum atomic E-state index is 0.127. The van der Waals surface area contributed by atoms with E-state index >= 15 is 0 Å². The molecule has 0 radical (unpaired) electrons. The third-order valence-corrected chi connectivity index (χ3v) is 6.10. The van der Waals surface area contributed by atoms with Crippen molar-refractivity contribution < 1.29 is 14.6 Å². The third-order valence-electron chi connectivity index (χ3n) is 5.12. The maximum Gasteiger partial charge on any atom is 0.146 e. The first-order valence-corrected chi connectivity index (χ1v) is 10.3. The lowest BCUT2D eigenvalue weighted by molar-refractivity contribution is 0.393. The average molecular weight is 422 g/mol. The highest BCUT2D eigenvalue weighted by atomic mass is 32.1. The highest BCUT2D eigenvalue weighted by Gasteiger charge is 2.33. The van der Waals surface area contributed by atoms with Crippen LogP contribution in [0.2, 0.25) is 0 Å². The Kier molecular flexibility index (Phi) is 5.22. The molecule has 6 nitrogen and oxygen atoms in total. The number of nitrogens with one attached hydrogen (secondary N) is 1. The lowest BCUT2D eigenvalue weighted by Crippen LogP contribution is -2.26. The van der Waals surface area contributed by atoms with Crippen molar-refractivity contribution in [2.75, 3.05) is 25.7 Å². The zero-order chi connectivity index (χ0) is 21.4. The van der Waals surface area contributed by atoms with E-state index < -0.39 is 0 Å². The Hall–Kier alpha value is -3.32. The van der Waals surface area contributed by atoms with Crippen LogP contribution in [0.1, 0.15) is 15.4 Å². The molecule has 1 aromatic heterocycles. The fourth-order valence-electron chi connectivity index (χ4n) is 3.50. The molecule has 154 valence electrons. The van der Waals surface area contributed by atoms with Crippen LogP contribution in [0.3, 0.4) is 0 Å². The van der Waals surface area contributed by atoms with Crippen molar-refractivity contribution in [3.63, 3.8) is 0 Å². The van der Waals surface area contributed by atoms with E-state index in [1.54, 1.807) is 25.2 Å². The molecule has 2 N–H and O–H groups in total. The van der Waals surface area contributed by atoms with Gasteiger partial charge in [0.15, 0.2) is 0 Å². The van der Waals surface area contributed by atoms with Crippen molar-refractivity contribution in [3.8, 4) is 22.8 Å². The summed E-state index contributed by atoms with van der Waals surface area (Å²) in [6, 6.07) is 13.6. The summed E-state index contributed by atoms with van der Waals surface area (Å²) in [5.74, 6) is 1.56. The summed E-state index contributed by atoms with van der Waals surface area (Å²) in [5.41, 5.74) is 4.24. The van der Waals surface area contributed by atoms with Gasteiger partial charge in [-0.15, -0.1) is 11.3 Å². The normalized spacial score (nSPS) is 13.9. The van der Waals surface area contributed by atoms with E-state index in [0.717, 1.165) is 16.1 Å². The Labute approximate surface area is 179 Å². The van der Waals surface area contributed by atoms with Gasteiger partial charge >= 0.3 is 0 Å². The zero-order valence-electron chi connectivity index (χ0n) is 17.3. The standard InChI is InChI=1S/C23H23N3O3S/c1-13-5-7-15(8-6-13)21-14(2)30-23(25-21)20-18(27)12-26(22(20)24)17-10-9-16(28-3)11-19(17)29-4/h5-11,24,27H,12H2,1-4H3. The van der Waals surface area contributed by atoms with E-state index in [1.807, 2.05) is 38.1 Å². The maximum absolute atomic E-state index is 10.7. The van der Waals surface area contributed by atoms with Crippen LogP contribution in [0.15, 0.2) is 48.2 Å². The summed E-state index contributed by atoms with van der Waals surface area (Å²) >= 11 is 1.48. The number of methoxy groups -OCH3 is 2. The fourth-order valence-corrected chi connectivity index (χ4v) is 4.50. The summed E-state index contributed by atoms with van der Waals surface area (Å²) < 4.78 is 10.7. The molecule has 30 heavy (non-hydrogen) atoms. The number of aromatic nitrogens is 1. The van der Waals surface area contributed by atoms with Crippen molar-refractivity contribution in [1.29, 1.82) is 5.41 Å². The number of ether oxygens (including phenoxy) is 2. The second kappa shape index (κ2) is 7.84. The van der Waals surface area contributed by atoms with Crippen molar-refractivity contribution in [2.24, 2.45) is 0 Å². The molecular formula is C23H23N3O3S. The van der Waals surface area contributed by atoms with Crippen LogP contribution in [-0.2, 0) is 0 Å². The molecule has 4 rings (SSSR count). The maximum atomic E-state index is 10.7. The van der Waals surface area contributed by atoms with Gasteiger partial charge in [-0.1, -0.05) is 29.8 Å². The summed E-state index contributed by atoms with van der Waals surface area (Å²) in [5, 5.41) is 20.1. The number of thiazole rings is 1. The summed E-state index contributed by atoms with van der Waals surface area (Å²) in [4.78, 5) is 7.53. The fraction of sp³-hybridized carbons (Fsp3) is 0.217. The van der Waals surface area contributed by atoms with Gasteiger partial charge < -0.3 is 19.5 Å². The number of aliphatic hydroxyl groups is 1. The number of hydrogen-bond acceptors (Lipinski definition) is 6. The molecule has 0 unspecified atom stereocenters. The molecule has 0 saturated heterocycles. The topological polar surface area (TPSA) is 78.7 Å². The number of nitrogens with zero attached hydrogens (tertiary/aromatic N) is 2. The predicted octanol–water partition coefficient (Wildman–Crippen LogP) is 5.21. The van der Waals surface area contributed by atoms with Crippen LogP contribution >= 0.6 is 11.3 Å². The minimum absolute atomic E-state index is 0.127. The zero-order valence-corrected chi connectivity index (χ0v) is 18.1. The van der Waals surface area contributed by atoms with Crippen LogP contribution in [0.4, 0.5) is 5.69 Å². The lowest BCUT2D eigenvalue weighted by Gasteiger charge is -2.21. The molecule has 0 atom stereocenters. The van der Waals surface area contributed by atoms with Crippen LogP contribution < -0.4 is 14.4 Å². The van der Waals surface area contributed by atoms with Crippen molar-refractivity contribution in [3.05, 3.63) is 63.7 Å². The molecule has 3 aromatic rings. The first-order chi connectivity index (χ1) is 14.4. The number of amidine groups is 1. The molecule has 0 saturated carbocycles. The van der Waals surface area contributed by atoms with Crippen LogP contribution in [0.5, 0.6) is 11.5 Å². The molecule has 0 amide bonds. The molecule has 1 aliphatic rings. The molecular weight excluding hydrogens is 398 g/mol. The Morgan fingerprint density at radius 2 is 1.80 bits per heavy atom. The van der Waals surface area contributed by atoms with Gasteiger partial charge in [0, 0.05) is 16.5 Å². The van der Waals surface area contributed by atoms with Gasteiger partial charge in [0.05, 0.1) is 37.7 Å². The van der Waals surface area contributed by atoms with Gasteiger partial charge in [-0.2, -0.15) is 0 Å². The highest BCUT2D eigenvalue weighted by molar-refractivity contribution is 7.13. The van der Waals surface area contributed by atoms with E-state index in [2.05, 4.69) is 12.1 Å². The van der Waals surface area contributed by atoms with E-state index in [-0.39, 0.29) is 18.1 Å². The highest BCUT2D eigenvalue weighted by Crippen LogP contribution is 2.40. The smallest absolute Gasteiger partial charge is 0.146 e. The van der Waals surface area contributed by atoms with E-state index in [1.165, 1.54) is 16.9 Å². The monoisotopic (exact) mass is 421 g/mol. The number of anilines is 1. The first-order valence-electron chi connectivity index (χ1n) is 9.48. The number of benzene rings is 2. The Bertz CT molecular complexity index is 1150. The summed E-state index contributed by atoms with van der Waals surface area (Å²) in [6.07, 6.45) is 0. The molecule has 0 aliphatic carbocycles. The SMILES string of the molecule is COc1ccc(N2CC(O)=C(c3nc(-c4ccc(C)cc4)c(C)s3)C2=N)c(OC)c1. The van der Waals surface area contributed by atoms with Gasteiger partial charge in [0.2, 0.25) is 0 Å². The van der Waals surface area contributed by atoms with Gasteiger partial charge in [-0.3, -0.25) is 5.41 Å². The largest absolute Gasteiger partial charge is 0.510 e. The average Bonchev–Trinajstić information content (AvgIpc) is 3.26. The molecule has 0 spiro atoms. The quantitative estimate of drug-likeness (QED) is 0.591. The lowest BCUT2D eigenvalue weighted by atomic mass is 10.1. The van der Waals surface area contributed by atoms with Crippen molar-refractivity contribution in [1.82, 2.24) is 4.98 Å². The summed E-state index contributed by atoms with van der Waals surface area (Å²) in [6.45, 7) is 4.25. The van der Waals surface area contributed by atoms with E-state index in [9.17, 15) is 5.11 Å². The minimum Gasteiger partial charge on any atom is -0.510 e. The molecule has 2 aromatic carbocycles. The van der Waals surface area contributed by atoms with Crippen LogP contribution in [0.25, 0.3) is 16.8 Å². The number of hydrogen-bond donors (Lipinski definition) is 2. The number of rotatable bonds is 5. The third kappa shape index (κ3) is 3.41. The second-order valence-electron chi connectivity index (χ2n) is 7.08. The second-order valence-corrected chi connectivity index (χ2v) is 8.29. The molecule has 1 aliphatic heterocycles. The van der Waals surface area contributed by atoms with Crippen LogP contribution in [0, 0.1) is 19.3 Å². The van der Waals surface area contributed by atoms with Crippen LogP contribution in [-0.4, -0.2) is 36.7 Å². The predicted molar refractivity (Wildman–Crippen MR) is 121 cm³/mol. The van der Waals surface area contributed by atoms with Crippen molar-refractivity contribution in [2.45, 2.75) is 13.8 Å². The molecule has 0 fully saturated rings. The van der Waals surface area contributed by atoms with Gasteiger partial charge in [-0.05, 0) is 26.0 Å². The van der Waals surface area contributed by atoms with Gasteiger partial charge in [0.25, 0.3) is 0 Å². The Morgan fingerprint density at radius 3 is 2.47 bits per heavy atom. The molecule has 2 heterocycles. The number of aryl methyl sites for hydroxylation is 2. The van der Waals surface area contributed by atoms with E-state index in [4.69, 9.17) is 19.9 Å². The Balaban J connectivity index is 1.69. The first kappa shape index (κ1) is 20.0. The Morgan fingerprint density at radius 1 is 1.07 bits per heavy atom. The summed E-state index contributed by atoms with van der Waals surface area (Å²) in [7, 11) is 3.17. The van der Waals surface area contributed by atoms with Gasteiger partial charge in [-0.25, -0.2) is 4.98 Å². The van der Waals surface area contributed by atoms with E-state index in [0.29, 0.717) is 27.8 Å². The molecule has 0 bridgehead atoms. The number of aliphatic hydroxyl groups excluding tert-OH is 1.